The number of sulfonamides is 1. The lowest BCUT2D eigenvalue weighted by Crippen LogP contribution is -2.51. The van der Waals surface area contributed by atoms with Gasteiger partial charge < -0.3 is 10.0 Å². The molecule has 2 unspecified atom stereocenters. The van der Waals surface area contributed by atoms with E-state index in [9.17, 15) is 18.0 Å². The Morgan fingerprint density at radius 3 is 2.20 bits per heavy atom. The first-order chi connectivity index (χ1) is 9.14. The van der Waals surface area contributed by atoms with Crippen LogP contribution in [0, 0.1) is 0 Å². The number of amides is 1. The zero-order valence-corrected chi connectivity index (χ0v) is 13.2. The second-order valence-electron chi connectivity index (χ2n) is 4.78. The Morgan fingerprint density at radius 1 is 1.25 bits per heavy atom. The van der Waals surface area contributed by atoms with E-state index in [1.807, 2.05) is 6.92 Å². The molecule has 0 aliphatic heterocycles. The third-order valence-electron chi connectivity index (χ3n) is 2.91. The summed E-state index contributed by atoms with van der Waals surface area (Å²) in [5.41, 5.74) is 0. The number of nitrogens with one attached hydrogen (secondary N) is 1. The Morgan fingerprint density at radius 2 is 1.80 bits per heavy atom. The number of hydrogen-bond donors (Lipinski definition) is 2. The van der Waals surface area contributed by atoms with Gasteiger partial charge in [-0.15, -0.1) is 0 Å². The molecule has 118 valence electrons. The van der Waals surface area contributed by atoms with Crippen molar-refractivity contribution in [3.8, 4) is 0 Å². The van der Waals surface area contributed by atoms with Crippen molar-refractivity contribution in [2.45, 2.75) is 52.6 Å². The Kier molecular flexibility index (Phi) is 7.74. The molecule has 0 spiro atoms. The molecule has 0 aromatic heterocycles. The molecule has 0 aromatic rings. The minimum absolute atomic E-state index is 0.0626. The van der Waals surface area contributed by atoms with Gasteiger partial charge in [0.15, 0.2) is 0 Å². The Bertz CT molecular complexity index is 435. The topological polar surface area (TPSA) is 104 Å². The molecule has 0 bridgehead atoms. The molecular weight excluding hydrogens is 284 g/mol. The lowest BCUT2D eigenvalue weighted by molar-refractivity contribution is -0.146. The van der Waals surface area contributed by atoms with Gasteiger partial charge in [0.05, 0.1) is 11.8 Å². The molecule has 2 N–H and O–H groups in total. The number of nitrogens with zero attached hydrogens (tertiary/aromatic N) is 1. The van der Waals surface area contributed by atoms with Crippen LogP contribution in [0.2, 0.25) is 0 Å². The minimum atomic E-state index is -3.52. The third kappa shape index (κ3) is 6.33. The fraction of sp³-hybridized carbons (Fsp3) is 0.833. The summed E-state index contributed by atoms with van der Waals surface area (Å²) >= 11 is 0. The van der Waals surface area contributed by atoms with Crippen molar-refractivity contribution in [1.29, 1.82) is 0 Å². The molecule has 20 heavy (non-hydrogen) atoms. The number of carboxylic acid groups (broad SMARTS) is 1. The van der Waals surface area contributed by atoms with E-state index < -0.39 is 34.5 Å². The highest BCUT2D eigenvalue weighted by Gasteiger charge is 2.28. The summed E-state index contributed by atoms with van der Waals surface area (Å²) in [6.07, 6.45) is 1.04. The van der Waals surface area contributed by atoms with Gasteiger partial charge >= 0.3 is 5.97 Å². The van der Waals surface area contributed by atoms with Crippen LogP contribution in [0.3, 0.4) is 0 Å². The average molecular weight is 308 g/mol. The first kappa shape index (κ1) is 18.9. The zero-order valence-electron chi connectivity index (χ0n) is 12.4. The monoisotopic (exact) mass is 308 g/mol. The maximum atomic E-state index is 12.2. The number of rotatable bonds is 9. The van der Waals surface area contributed by atoms with Crippen LogP contribution < -0.4 is 4.72 Å². The van der Waals surface area contributed by atoms with E-state index in [2.05, 4.69) is 4.72 Å². The highest BCUT2D eigenvalue weighted by molar-refractivity contribution is 7.89. The standard InChI is InChI=1S/C12H24N2O5S/c1-5-7-20(18,19)13-10(4)12(17)14(8-11(15)16)9(3)6-2/h9-10,13H,5-8H2,1-4H3,(H,15,16). The van der Waals surface area contributed by atoms with E-state index in [1.165, 1.54) is 11.8 Å². The molecule has 0 saturated carbocycles. The molecule has 7 nitrogen and oxygen atoms in total. The van der Waals surface area contributed by atoms with Crippen LogP contribution >= 0.6 is 0 Å². The number of carbonyl (C=O) groups excluding carboxylic acids is 1. The quantitative estimate of drug-likeness (QED) is 0.642. The van der Waals surface area contributed by atoms with Gasteiger partial charge in [0.2, 0.25) is 15.9 Å². The fourth-order valence-corrected chi connectivity index (χ4v) is 3.01. The summed E-state index contributed by atoms with van der Waals surface area (Å²) in [5.74, 6) is -1.71. The lowest BCUT2D eigenvalue weighted by Gasteiger charge is -2.29. The van der Waals surface area contributed by atoms with Crippen LogP contribution in [0.5, 0.6) is 0 Å². The van der Waals surface area contributed by atoms with E-state index in [-0.39, 0.29) is 11.8 Å². The van der Waals surface area contributed by atoms with E-state index >= 15 is 0 Å². The highest BCUT2D eigenvalue weighted by Crippen LogP contribution is 2.07. The Labute approximate surface area is 120 Å². The van der Waals surface area contributed by atoms with Crippen LogP contribution in [0.4, 0.5) is 0 Å². The van der Waals surface area contributed by atoms with Crippen LogP contribution in [0.15, 0.2) is 0 Å². The SMILES string of the molecule is CCCS(=O)(=O)NC(C)C(=O)N(CC(=O)O)C(C)CC. The average Bonchev–Trinajstić information content (AvgIpc) is 2.33. The zero-order chi connectivity index (χ0) is 15.9. The van der Waals surface area contributed by atoms with Gasteiger partial charge in [-0.1, -0.05) is 13.8 Å². The molecule has 1 amide bonds. The molecule has 0 heterocycles. The summed E-state index contributed by atoms with van der Waals surface area (Å²) in [5, 5.41) is 8.84. The summed E-state index contributed by atoms with van der Waals surface area (Å²) in [6, 6.07) is -1.24. The van der Waals surface area contributed by atoms with Crippen molar-refractivity contribution in [3.63, 3.8) is 0 Å². The minimum Gasteiger partial charge on any atom is -0.480 e. The van der Waals surface area contributed by atoms with Crippen molar-refractivity contribution in [2.24, 2.45) is 0 Å². The second kappa shape index (κ2) is 8.21. The molecule has 0 aliphatic carbocycles. The number of carbonyl (C=O) groups is 2. The van der Waals surface area contributed by atoms with Gasteiger partial charge in [-0.05, 0) is 26.7 Å². The van der Waals surface area contributed by atoms with Crippen LogP contribution in [0.25, 0.3) is 0 Å². The van der Waals surface area contributed by atoms with E-state index in [0.29, 0.717) is 12.8 Å². The van der Waals surface area contributed by atoms with Crippen LogP contribution in [-0.4, -0.2) is 54.7 Å². The molecule has 0 fully saturated rings. The van der Waals surface area contributed by atoms with Crippen molar-refractivity contribution < 1.29 is 23.1 Å². The molecule has 2 atom stereocenters. The third-order valence-corrected chi connectivity index (χ3v) is 4.57. The van der Waals surface area contributed by atoms with Gasteiger partial charge in [0.25, 0.3) is 0 Å². The van der Waals surface area contributed by atoms with Crippen molar-refractivity contribution >= 4 is 21.9 Å². The molecule has 0 aliphatic rings. The summed E-state index contributed by atoms with van der Waals surface area (Å²) in [4.78, 5) is 24.2. The highest BCUT2D eigenvalue weighted by atomic mass is 32.2. The molecule has 0 radical (unpaired) electrons. The second-order valence-corrected chi connectivity index (χ2v) is 6.65. The van der Waals surface area contributed by atoms with Crippen molar-refractivity contribution in [2.75, 3.05) is 12.3 Å². The predicted octanol–water partition coefficient (Wildman–Crippen LogP) is 0.416. The molecule has 8 heteroatoms. The van der Waals surface area contributed by atoms with Gasteiger partial charge in [0, 0.05) is 6.04 Å². The first-order valence-corrected chi connectivity index (χ1v) is 8.32. The Hall–Kier alpha value is -1.15. The van der Waals surface area contributed by atoms with Crippen molar-refractivity contribution in [1.82, 2.24) is 9.62 Å². The van der Waals surface area contributed by atoms with E-state index in [4.69, 9.17) is 5.11 Å². The lowest BCUT2D eigenvalue weighted by atomic mass is 10.2. The number of hydrogen-bond acceptors (Lipinski definition) is 4. The van der Waals surface area contributed by atoms with Crippen LogP contribution in [0.1, 0.15) is 40.5 Å². The largest absolute Gasteiger partial charge is 0.480 e. The number of aliphatic carboxylic acids is 1. The van der Waals surface area contributed by atoms with Crippen LogP contribution in [-0.2, 0) is 19.6 Å². The van der Waals surface area contributed by atoms with E-state index in [0.717, 1.165) is 0 Å². The molecule has 0 rings (SSSR count). The summed E-state index contributed by atoms with van der Waals surface area (Å²) in [6.45, 7) is 6.27. The molecular formula is C12H24N2O5S. The van der Waals surface area contributed by atoms with Gasteiger partial charge in [-0.2, -0.15) is 0 Å². The van der Waals surface area contributed by atoms with Crippen molar-refractivity contribution in [3.05, 3.63) is 0 Å². The normalized spacial score (nSPS) is 14.6. The first-order valence-electron chi connectivity index (χ1n) is 6.66. The molecule has 0 saturated heterocycles. The van der Waals surface area contributed by atoms with Gasteiger partial charge in [-0.25, -0.2) is 13.1 Å². The van der Waals surface area contributed by atoms with Gasteiger partial charge in [0.1, 0.15) is 6.54 Å². The van der Waals surface area contributed by atoms with E-state index in [1.54, 1.807) is 13.8 Å². The summed E-state index contributed by atoms with van der Waals surface area (Å²) in [7, 11) is -3.52. The molecule has 0 aromatic carbocycles. The predicted molar refractivity (Wildman–Crippen MR) is 75.8 cm³/mol. The Balaban J connectivity index is 4.93. The smallest absolute Gasteiger partial charge is 0.323 e. The number of carboxylic acids is 1. The maximum absolute atomic E-state index is 12.2. The summed E-state index contributed by atoms with van der Waals surface area (Å²) < 4.78 is 25.5. The fourth-order valence-electron chi connectivity index (χ4n) is 1.71. The maximum Gasteiger partial charge on any atom is 0.323 e. The van der Waals surface area contributed by atoms with Gasteiger partial charge in [-0.3, -0.25) is 9.59 Å².